The number of hydrogen-bond donors (Lipinski definition) is 0. The first kappa shape index (κ1) is 15.6. The Morgan fingerprint density at radius 1 is 1.22 bits per heavy atom. The highest BCUT2D eigenvalue weighted by Gasteiger charge is 2.13. The summed E-state index contributed by atoms with van der Waals surface area (Å²) in [7, 11) is 0. The van der Waals surface area contributed by atoms with Crippen LogP contribution in [0, 0.1) is 0 Å². The second-order valence-electron chi connectivity index (χ2n) is 4.88. The molecule has 0 aliphatic heterocycles. The molecule has 3 aromatic rings. The van der Waals surface area contributed by atoms with Crippen LogP contribution in [0.5, 0.6) is 5.75 Å². The fourth-order valence-corrected chi connectivity index (χ4v) is 3.04. The molecule has 0 saturated heterocycles. The first-order valence-corrected chi connectivity index (χ1v) is 8.48. The minimum atomic E-state index is -0.387. The van der Waals surface area contributed by atoms with Crippen molar-refractivity contribution in [1.29, 1.82) is 0 Å². The van der Waals surface area contributed by atoms with E-state index in [-0.39, 0.29) is 5.97 Å². The van der Waals surface area contributed by atoms with Crippen molar-refractivity contribution < 1.29 is 9.53 Å². The van der Waals surface area contributed by atoms with Crippen LogP contribution in [-0.4, -0.2) is 26.7 Å². The Labute approximate surface area is 138 Å². The average Bonchev–Trinajstić information content (AvgIpc) is 2.99. The van der Waals surface area contributed by atoms with E-state index in [1.807, 2.05) is 37.3 Å². The Balaban J connectivity index is 1.86. The minimum absolute atomic E-state index is 0.387. The maximum atomic E-state index is 12.4. The molecule has 6 heteroatoms. The van der Waals surface area contributed by atoms with Crippen molar-refractivity contribution in [3.05, 3.63) is 48.0 Å². The summed E-state index contributed by atoms with van der Waals surface area (Å²) in [5.74, 6) is 1.12. The van der Waals surface area contributed by atoms with E-state index in [1.165, 1.54) is 0 Å². The lowest BCUT2D eigenvalue weighted by molar-refractivity contribution is 0.0730. The van der Waals surface area contributed by atoms with Gasteiger partial charge in [0.25, 0.3) is 0 Å². The number of hydrogen-bond acceptors (Lipinski definition) is 5. The summed E-state index contributed by atoms with van der Waals surface area (Å²) in [6, 6.07) is 12.9. The van der Waals surface area contributed by atoms with Crippen molar-refractivity contribution in [3.8, 4) is 5.75 Å². The van der Waals surface area contributed by atoms with Gasteiger partial charge >= 0.3 is 5.97 Å². The molecule has 0 unspecified atom stereocenters. The Bertz CT molecular complexity index is 845. The normalized spacial score (nSPS) is 10.9. The average molecular weight is 327 g/mol. The summed E-state index contributed by atoms with van der Waals surface area (Å²) in [6.45, 7) is 4.80. The van der Waals surface area contributed by atoms with Crippen LogP contribution >= 0.6 is 11.8 Å². The van der Waals surface area contributed by atoms with E-state index in [9.17, 15) is 4.79 Å². The van der Waals surface area contributed by atoms with Crippen LogP contribution < -0.4 is 4.74 Å². The number of ether oxygens (including phenoxy) is 1. The molecule has 3 rings (SSSR count). The molecule has 0 aliphatic carbocycles. The van der Waals surface area contributed by atoms with Crippen molar-refractivity contribution in [2.75, 3.05) is 5.75 Å². The number of aryl methyl sites for hydroxylation is 1. The van der Waals surface area contributed by atoms with E-state index >= 15 is 0 Å². The van der Waals surface area contributed by atoms with Crippen molar-refractivity contribution in [2.45, 2.75) is 25.3 Å². The maximum absolute atomic E-state index is 12.4. The summed E-state index contributed by atoms with van der Waals surface area (Å²) in [5.41, 5.74) is 2.07. The minimum Gasteiger partial charge on any atom is -0.422 e. The SMILES string of the molecule is CCSc1ccccc1OC(=O)c1ccc2c(c1)nnn2CC. The highest BCUT2D eigenvalue weighted by atomic mass is 32.2. The number of aromatic nitrogens is 3. The van der Waals surface area contributed by atoms with E-state index in [0.717, 1.165) is 22.7 Å². The van der Waals surface area contributed by atoms with Gasteiger partial charge in [-0.05, 0) is 43.0 Å². The van der Waals surface area contributed by atoms with E-state index < -0.39 is 0 Å². The van der Waals surface area contributed by atoms with Crippen molar-refractivity contribution >= 4 is 28.8 Å². The lowest BCUT2D eigenvalue weighted by Gasteiger charge is -2.09. The third kappa shape index (κ3) is 3.22. The lowest BCUT2D eigenvalue weighted by atomic mass is 10.2. The topological polar surface area (TPSA) is 57.0 Å². The van der Waals surface area contributed by atoms with E-state index in [2.05, 4.69) is 17.2 Å². The second kappa shape index (κ2) is 6.83. The fourth-order valence-electron chi connectivity index (χ4n) is 2.30. The lowest BCUT2D eigenvalue weighted by Crippen LogP contribution is -2.09. The molecule has 0 bridgehead atoms. The molecule has 5 nitrogen and oxygen atoms in total. The van der Waals surface area contributed by atoms with Gasteiger partial charge in [-0.2, -0.15) is 0 Å². The number of benzene rings is 2. The van der Waals surface area contributed by atoms with Crippen LogP contribution in [0.3, 0.4) is 0 Å². The van der Waals surface area contributed by atoms with Gasteiger partial charge in [0.05, 0.1) is 16.0 Å². The predicted octanol–water partition coefficient (Wildman–Crippen LogP) is 3.78. The highest BCUT2D eigenvalue weighted by molar-refractivity contribution is 7.99. The maximum Gasteiger partial charge on any atom is 0.343 e. The van der Waals surface area contributed by atoms with Crippen molar-refractivity contribution in [3.63, 3.8) is 0 Å². The van der Waals surface area contributed by atoms with Gasteiger partial charge in [0.15, 0.2) is 0 Å². The van der Waals surface area contributed by atoms with Crippen LogP contribution in [0.4, 0.5) is 0 Å². The molecular formula is C17H17N3O2S. The molecule has 0 fully saturated rings. The Morgan fingerprint density at radius 2 is 2.04 bits per heavy atom. The quantitative estimate of drug-likeness (QED) is 0.405. The number of carbonyl (C=O) groups excluding carboxylic acids is 1. The zero-order valence-electron chi connectivity index (χ0n) is 13.0. The smallest absolute Gasteiger partial charge is 0.343 e. The van der Waals surface area contributed by atoms with Gasteiger partial charge in [0.2, 0.25) is 0 Å². The van der Waals surface area contributed by atoms with Crippen LogP contribution in [0.1, 0.15) is 24.2 Å². The summed E-state index contributed by atoms with van der Waals surface area (Å²) < 4.78 is 7.34. The number of fused-ring (bicyclic) bond motifs is 1. The van der Waals surface area contributed by atoms with Gasteiger partial charge in [-0.3, -0.25) is 0 Å². The molecule has 0 atom stereocenters. The zero-order valence-corrected chi connectivity index (χ0v) is 13.8. The summed E-state index contributed by atoms with van der Waals surface area (Å²) in [5, 5.41) is 8.14. The Hall–Kier alpha value is -2.34. The van der Waals surface area contributed by atoms with E-state index in [4.69, 9.17) is 4.74 Å². The number of esters is 1. The molecule has 0 saturated carbocycles. The number of para-hydroxylation sites is 1. The number of carbonyl (C=O) groups is 1. The van der Waals surface area contributed by atoms with E-state index in [0.29, 0.717) is 16.8 Å². The molecule has 1 heterocycles. The van der Waals surface area contributed by atoms with Gasteiger partial charge < -0.3 is 4.74 Å². The molecule has 0 amide bonds. The van der Waals surface area contributed by atoms with Crippen LogP contribution in [0.15, 0.2) is 47.4 Å². The molecule has 2 aromatic carbocycles. The number of nitrogens with zero attached hydrogens (tertiary/aromatic N) is 3. The van der Waals surface area contributed by atoms with Crippen LogP contribution in [-0.2, 0) is 6.54 Å². The molecule has 0 N–H and O–H groups in total. The first-order valence-electron chi connectivity index (χ1n) is 7.50. The van der Waals surface area contributed by atoms with Gasteiger partial charge in [-0.15, -0.1) is 16.9 Å². The predicted molar refractivity (Wildman–Crippen MR) is 91.0 cm³/mol. The van der Waals surface area contributed by atoms with Gasteiger partial charge in [-0.1, -0.05) is 24.3 Å². The monoisotopic (exact) mass is 327 g/mol. The van der Waals surface area contributed by atoms with Gasteiger partial charge in [0.1, 0.15) is 11.3 Å². The largest absolute Gasteiger partial charge is 0.422 e. The van der Waals surface area contributed by atoms with Gasteiger partial charge in [0, 0.05) is 6.54 Å². The molecule has 0 radical (unpaired) electrons. The molecule has 23 heavy (non-hydrogen) atoms. The summed E-state index contributed by atoms with van der Waals surface area (Å²) >= 11 is 1.65. The van der Waals surface area contributed by atoms with Crippen LogP contribution in [0.25, 0.3) is 11.0 Å². The molecule has 1 aromatic heterocycles. The molecule has 0 aliphatic rings. The Kier molecular flexibility index (Phi) is 4.62. The second-order valence-corrected chi connectivity index (χ2v) is 6.18. The van der Waals surface area contributed by atoms with Crippen LogP contribution in [0.2, 0.25) is 0 Å². The summed E-state index contributed by atoms with van der Waals surface area (Å²) in [4.78, 5) is 13.4. The fraction of sp³-hybridized carbons (Fsp3) is 0.235. The van der Waals surface area contributed by atoms with Crippen molar-refractivity contribution in [2.24, 2.45) is 0 Å². The van der Waals surface area contributed by atoms with E-state index in [1.54, 1.807) is 28.6 Å². The standard InChI is InChI=1S/C17H17N3O2S/c1-3-20-14-10-9-12(11-13(14)18-19-20)17(21)22-15-7-5-6-8-16(15)23-4-2/h5-11H,3-4H2,1-2H3. The molecule has 118 valence electrons. The zero-order chi connectivity index (χ0) is 16.2. The Morgan fingerprint density at radius 3 is 2.83 bits per heavy atom. The number of rotatable bonds is 5. The van der Waals surface area contributed by atoms with Crippen molar-refractivity contribution in [1.82, 2.24) is 15.0 Å². The molecule has 0 spiro atoms. The summed E-state index contributed by atoms with van der Waals surface area (Å²) in [6.07, 6.45) is 0. The third-order valence-electron chi connectivity index (χ3n) is 3.40. The number of thioether (sulfide) groups is 1. The molecular weight excluding hydrogens is 310 g/mol. The highest BCUT2D eigenvalue weighted by Crippen LogP contribution is 2.29. The third-order valence-corrected chi connectivity index (χ3v) is 4.34. The first-order chi connectivity index (χ1) is 11.2. The van der Waals surface area contributed by atoms with Gasteiger partial charge in [-0.25, -0.2) is 9.48 Å².